The molecule has 0 aromatic carbocycles. The molecule has 4 nitrogen and oxygen atoms in total. The molecule has 0 saturated carbocycles. The highest BCUT2D eigenvalue weighted by Crippen LogP contribution is 2.20. The Balaban J connectivity index is 1.78. The number of quaternary nitrogens is 1. The Morgan fingerprint density at radius 2 is 2.41 bits per heavy atom. The van der Waals surface area contributed by atoms with Gasteiger partial charge < -0.3 is 9.64 Å². The Morgan fingerprint density at radius 3 is 3.14 bits per heavy atom. The molecule has 0 radical (unpaired) electrons. The lowest BCUT2D eigenvalue weighted by atomic mass is 9.92. The van der Waals surface area contributed by atoms with Crippen LogP contribution in [-0.2, 0) is 9.53 Å². The predicted octanol–water partition coefficient (Wildman–Crippen LogP) is 1.19. The van der Waals surface area contributed by atoms with Crippen LogP contribution >= 0.6 is 0 Å². The largest absolute Gasteiger partial charge is 0.462 e. The minimum Gasteiger partial charge on any atom is -0.462 e. The standard InChI is InChI=1S/C18H24N2O2/c1-15(22-16(2)21)7-3-4-11-20-12-6-9-18(14-20)17-8-5-10-19-13-17/h5,8,10,13,15,18H,6-7,9,11-12,14H2,1-2H3/p+1/t15-,18+/m1/s1. The van der Waals surface area contributed by atoms with Crippen molar-refractivity contribution in [3.63, 3.8) is 0 Å². The number of carbonyl (C=O) groups excluding carboxylic acids is 1. The highest BCUT2D eigenvalue weighted by molar-refractivity contribution is 5.66. The Kier molecular flexibility index (Phi) is 6.42. The maximum Gasteiger partial charge on any atom is 0.302 e. The number of hydrogen-bond donors (Lipinski definition) is 1. The van der Waals surface area contributed by atoms with Gasteiger partial charge in [0.25, 0.3) is 0 Å². The van der Waals surface area contributed by atoms with Gasteiger partial charge in [-0.2, -0.15) is 0 Å². The van der Waals surface area contributed by atoms with Crippen molar-refractivity contribution in [1.82, 2.24) is 4.98 Å². The summed E-state index contributed by atoms with van der Waals surface area (Å²) in [4.78, 5) is 16.6. The van der Waals surface area contributed by atoms with Gasteiger partial charge in [0.1, 0.15) is 12.6 Å². The first-order valence-electron chi connectivity index (χ1n) is 8.01. The summed E-state index contributed by atoms with van der Waals surface area (Å²) in [5.41, 5.74) is 1.34. The molecule has 0 aliphatic carbocycles. The second-order valence-corrected chi connectivity index (χ2v) is 5.98. The summed E-state index contributed by atoms with van der Waals surface area (Å²) in [7, 11) is 0. The molecule has 0 spiro atoms. The predicted molar refractivity (Wildman–Crippen MR) is 85.4 cm³/mol. The second kappa shape index (κ2) is 8.55. The fourth-order valence-electron chi connectivity index (χ4n) is 2.94. The molecule has 118 valence electrons. The maximum atomic E-state index is 10.8. The molecule has 0 bridgehead atoms. The van der Waals surface area contributed by atoms with E-state index in [1.807, 2.05) is 25.4 Å². The van der Waals surface area contributed by atoms with Gasteiger partial charge in [-0.3, -0.25) is 9.78 Å². The van der Waals surface area contributed by atoms with E-state index in [-0.39, 0.29) is 12.1 Å². The molecule has 1 N–H and O–H groups in total. The van der Waals surface area contributed by atoms with Crippen molar-refractivity contribution >= 4 is 5.97 Å². The molecule has 0 amide bonds. The third-order valence-electron chi connectivity index (χ3n) is 3.99. The lowest BCUT2D eigenvalue weighted by Gasteiger charge is -2.28. The van der Waals surface area contributed by atoms with Crippen molar-refractivity contribution in [1.29, 1.82) is 0 Å². The van der Waals surface area contributed by atoms with E-state index in [4.69, 9.17) is 4.74 Å². The van der Waals surface area contributed by atoms with Gasteiger partial charge in [-0.05, 0) is 37.3 Å². The number of rotatable bonds is 4. The molecular formula is C18H25N2O2+. The molecule has 22 heavy (non-hydrogen) atoms. The summed E-state index contributed by atoms with van der Waals surface area (Å²) >= 11 is 0. The van der Waals surface area contributed by atoms with Crippen LogP contribution in [0.5, 0.6) is 0 Å². The number of aromatic nitrogens is 1. The summed E-state index contributed by atoms with van der Waals surface area (Å²) in [5.74, 6) is 6.73. The van der Waals surface area contributed by atoms with Gasteiger partial charge >= 0.3 is 5.97 Å². The molecule has 1 aromatic heterocycles. The molecule has 4 heteroatoms. The lowest BCUT2D eigenvalue weighted by Crippen LogP contribution is -3.13. The zero-order valence-electron chi connectivity index (χ0n) is 13.5. The van der Waals surface area contributed by atoms with Gasteiger partial charge in [-0.15, -0.1) is 0 Å². The van der Waals surface area contributed by atoms with Crippen LogP contribution < -0.4 is 4.90 Å². The third kappa shape index (κ3) is 5.50. The van der Waals surface area contributed by atoms with E-state index in [0.29, 0.717) is 12.3 Å². The summed E-state index contributed by atoms with van der Waals surface area (Å²) in [6.45, 7) is 6.48. The third-order valence-corrected chi connectivity index (χ3v) is 3.99. The van der Waals surface area contributed by atoms with E-state index >= 15 is 0 Å². The molecule has 1 aromatic rings. The van der Waals surface area contributed by atoms with Crippen molar-refractivity contribution in [2.75, 3.05) is 19.6 Å². The Bertz CT molecular complexity index is 533. The van der Waals surface area contributed by atoms with Gasteiger partial charge in [-0.25, -0.2) is 0 Å². The zero-order valence-corrected chi connectivity index (χ0v) is 13.5. The first-order chi connectivity index (χ1) is 10.6. The van der Waals surface area contributed by atoms with Crippen LogP contribution in [-0.4, -0.2) is 36.7 Å². The van der Waals surface area contributed by atoms with Gasteiger partial charge in [0.2, 0.25) is 0 Å². The molecule has 3 atom stereocenters. The van der Waals surface area contributed by atoms with Crippen LogP contribution in [0.15, 0.2) is 24.5 Å². The summed E-state index contributed by atoms with van der Waals surface area (Å²) in [6, 6.07) is 4.19. The van der Waals surface area contributed by atoms with Crippen molar-refractivity contribution < 1.29 is 14.4 Å². The number of nitrogens with one attached hydrogen (secondary N) is 1. The SMILES string of the molecule is CC(=O)O[C@H](C)CC#CC[NH+]1CCC[C@H](c2cccnc2)C1. The number of piperidine rings is 1. The highest BCUT2D eigenvalue weighted by atomic mass is 16.5. The minimum absolute atomic E-state index is 0.121. The van der Waals surface area contributed by atoms with Crippen LogP contribution in [0.2, 0.25) is 0 Å². The number of ether oxygens (including phenoxy) is 1. The van der Waals surface area contributed by atoms with E-state index in [1.165, 1.54) is 36.8 Å². The molecular weight excluding hydrogens is 276 g/mol. The van der Waals surface area contributed by atoms with Crippen LogP contribution in [0.1, 0.15) is 44.6 Å². The number of hydrogen-bond acceptors (Lipinski definition) is 3. The Morgan fingerprint density at radius 1 is 1.55 bits per heavy atom. The van der Waals surface area contributed by atoms with Crippen molar-refractivity contribution in [3.8, 4) is 11.8 Å². The van der Waals surface area contributed by atoms with Crippen molar-refractivity contribution in [2.24, 2.45) is 0 Å². The molecule has 1 fully saturated rings. The summed E-state index contributed by atoms with van der Waals surface area (Å²) < 4.78 is 5.06. The van der Waals surface area contributed by atoms with Crippen LogP contribution in [0.4, 0.5) is 0 Å². The van der Waals surface area contributed by atoms with E-state index < -0.39 is 0 Å². The van der Waals surface area contributed by atoms with Crippen LogP contribution in [0.3, 0.4) is 0 Å². The van der Waals surface area contributed by atoms with Gasteiger partial charge in [0.15, 0.2) is 0 Å². The molecule has 1 aliphatic heterocycles. The Labute approximate surface area is 132 Å². The highest BCUT2D eigenvalue weighted by Gasteiger charge is 2.23. The van der Waals surface area contributed by atoms with Gasteiger partial charge in [0.05, 0.1) is 13.1 Å². The number of esters is 1. The average Bonchev–Trinajstić information content (AvgIpc) is 2.52. The Hall–Kier alpha value is -1.86. The number of likely N-dealkylation sites (tertiary alicyclic amines) is 1. The number of nitrogens with zero attached hydrogens (tertiary/aromatic N) is 1. The van der Waals surface area contributed by atoms with E-state index in [0.717, 1.165) is 13.1 Å². The quantitative estimate of drug-likeness (QED) is 0.671. The van der Waals surface area contributed by atoms with Crippen LogP contribution in [0.25, 0.3) is 0 Å². The first kappa shape index (κ1) is 16.5. The molecule has 1 aliphatic rings. The fourth-order valence-corrected chi connectivity index (χ4v) is 2.94. The van der Waals surface area contributed by atoms with E-state index in [9.17, 15) is 4.79 Å². The van der Waals surface area contributed by atoms with Gasteiger partial charge in [-0.1, -0.05) is 12.0 Å². The molecule has 2 heterocycles. The fraction of sp³-hybridized carbons (Fsp3) is 0.556. The summed E-state index contributed by atoms with van der Waals surface area (Å²) in [6.07, 6.45) is 6.78. The molecule has 2 rings (SSSR count). The second-order valence-electron chi connectivity index (χ2n) is 5.98. The van der Waals surface area contributed by atoms with Crippen LogP contribution in [0, 0.1) is 11.8 Å². The monoisotopic (exact) mass is 301 g/mol. The van der Waals surface area contributed by atoms with Gasteiger partial charge in [0, 0.05) is 31.7 Å². The smallest absolute Gasteiger partial charge is 0.302 e. The number of carbonyl (C=O) groups is 1. The van der Waals surface area contributed by atoms with E-state index in [2.05, 4.69) is 22.9 Å². The zero-order chi connectivity index (χ0) is 15.8. The van der Waals surface area contributed by atoms with Crippen molar-refractivity contribution in [3.05, 3.63) is 30.1 Å². The first-order valence-corrected chi connectivity index (χ1v) is 8.01. The summed E-state index contributed by atoms with van der Waals surface area (Å²) in [5, 5.41) is 0. The average molecular weight is 301 g/mol. The van der Waals surface area contributed by atoms with E-state index in [1.54, 1.807) is 0 Å². The lowest BCUT2D eigenvalue weighted by molar-refractivity contribution is -0.899. The number of pyridine rings is 1. The normalized spacial score (nSPS) is 22.3. The minimum atomic E-state index is -0.240. The van der Waals surface area contributed by atoms with Crippen molar-refractivity contribution in [2.45, 2.75) is 45.1 Å². The molecule has 1 unspecified atom stereocenters. The maximum absolute atomic E-state index is 10.8. The molecule has 1 saturated heterocycles. The topological polar surface area (TPSA) is 43.6 Å².